The van der Waals surface area contributed by atoms with Gasteiger partial charge in [-0.15, -0.1) is 0 Å². The molecule has 7 atom stereocenters. The van der Waals surface area contributed by atoms with E-state index in [1.165, 1.54) is 5.57 Å². The van der Waals surface area contributed by atoms with Gasteiger partial charge in [-0.3, -0.25) is 16.0 Å². The monoisotopic (exact) mass is 609 g/mol. The van der Waals surface area contributed by atoms with E-state index in [0.29, 0.717) is 36.6 Å². The zero-order chi connectivity index (χ0) is 19.4. The molecule has 4 aliphatic rings. The Morgan fingerprint density at radius 3 is 2.82 bits per heavy atom. The first-order valence-electron chi connectivity index (χ1n) is 10.3. The number of allylic oxidation sites excluding steroid dienone is 4. The predicted molar refractivity (Wildman–Crippen MR) is 102 cm³/mol. The minimum absolute atomic E-state index is 0. The van der Waals surface area contributed by atoms with Crippen LogP contribution in [0.4, 0.5) is 0 Å². The molecule has 5 heteroatoms. The summed E-state index contributed by atoms with van der Waals surface area (Å²) in [5.74, 6) is 2.03. The van der Waals surface area contributed by atoms with Gasteiger partial charge in [0.15, 0.2) is 5.78 Å². The third-order valence-electron chi connectivity index (χ3n) is 8.57. The van der Waals surface area contributed by atoms with Crippen molar-refractivity contribution >= 4 is 12.3 Å². The fourth-order valence-electron chi connectivity index (χ4n) is 7.29. The van der Waals surface area contributed by atoms with Gasteiger partial charge in [0.05, 0.1) is 0 Å². The molecule has 0 aliphatic heterocycles. The first kappa shape index (κ1) is 22.3. The molecule has 4 nitrogen and oxygen atoms in total. The second-order valence-corrected chi connectivity index (χ2v) is 9.75. The third kappa shape index (κ3) is 3.12. The Bertz CT molecular complexity index is 715. The van der Waals surface area contributed by atoms with Crippen LogP contribution in [0.1, 0.15) is 52.9 Å². The van der Waals surface area contributed by atoms with Gasteiger partial charge >= 0.3 is 0 Å². The predicted octanol–water partition coefficient (Wildman–Crippen LogP) is 3.65. The van der Waals surface area contributed by atoms with Crippen LogP contribution in [-0.4, -0.2) is 29.6 Å². The number of hydrogen-bond acceptors (Lipinski definition) is 4. The SMILES string of the molecule is CC1CC2(C)C(CC[C@@]2(O)[CH-]COC=O)C2C=CC3=CC(=O)CCC3(C)C12.[U]. The largest absolute Gasteiger partial charge is 0.501 e. The number of carbonyl (C=O) groups is 2. The van der Waals surface area contributed by atoms with Gasteiger partial charge in [-0.1, -0.05) is 39.3 Å². The number of fused-ring (bicyclic) bond motifs is 5. The molecule has 6 unspecified atom stereocenters. The van der Waals surface area contributed by atoms with Gasteiger partial charge in [0, 0.05) is 37.5 Å². The summed E-state index contributed by atoms with van der Waals surface area (Å²) >= 11 is 0. The molecular weight excluding hydrogens is 578 g/mol. The van der Waals surface area contributed by atoms with E-state index in [0.717, 1.165) is 25.7 Å². The van der Waals surface area contributed by atoms with E-state index in [-0.39, 0.29) is 54.3 Å². The number of rotatable bonds is 4. The maximum absolute atomic E-state index is 12.0. The fourth-order valence-corrected chi connectivity index (χ4v) is 7.29. The second kappa shape index (κ2) is 7.71. The van der Waals surface area contributed by atoms with Crippen LogP contribution in [0.3, 0.4) is 0 Å². The van der Waals surface area contributed by atoms with Crippen LogP contribution in [0.5, 0.6) is 0 Å². The third-order valence-corrected chi connectivity index (χ3v) is 8.57. The summed E-state index contributed by atoms with van der Waals surface area (Å²) in [5.41, 5.74) is 0.146. The van der Waals surface area contributed by atoms with Crippen LogP contribution in [0, 0.1) is 72.0 Å². The molecule has 1 N–H and O–H groups in total. The van der Waals surface area contributed by atoms with Crippen molar-refractivity contribution in [3.8, 4) is 0 Å². The Morgan fingerprint density at radius 1 is 1.36 bits per heavy atom. The molecule has 0 bridgehead atoms. The van der Waals surface area contributed by atoms with Crippen LogP contribution in [0.15, 0.2) is 23.8 Å². The molecule has 28 heavy (non-hydrogen) atoms. The van der Waals surface area contributed by atoms with Crippen LogP contribution in [0.25, 0.3) is 0 Å². The van der Waals surface area contributed by atoms with Crippen molar-refractivity contribution in [1.82, 2.24) is 0 Å². The second-order valence-electron chi connectivity index (χ2n) is 9.75. The summed E-state index contributed by atoms with van der Waals surface area (Å²) < 4.78 is 4.87. The average Bonchev–Trinajstić information content (AvgIpc) is 2.86. The maximum Gasteiger partial charge on any atom is 0.290 e. The van der Waals surface area contributed by atoms with Gasteiger partial charge in [0.25, 0.3) is 6.47 Å². The fraction of sp³-hybridized carbons (Fsp3) is 0.696. The molecule has 2 fully saturated rings. The molecule has 0 amide bonds. The standard InChI is InChI=1S/C23H31O4.U/c1-15-13-22(3)19(7-9-23(22,26)10-11-27-14-24)18-5-4-16-12-17(25)6-8-21(16,2)20(15)18;/h4-5,10,12,14-15,18-20,26H,6-9,11,13H2,1-3H3;/q-1;/t15?,18?,19?,20?,21?,22?,23-;/m1./s1. The average molecular weight is 610 g/mol. The molecule has 0 heterocycles. The van der Waals surface area contributed by atoms with Crippen molar-refractivity contribution in [3.05, 3.63) is 30.2 Å². The van der Waals surface area contributed by atoms with E-state index in [1.807, 2.05) is 12.5 Å². The van der Waals surface area contributed by atoms with Crippen LogP contribution in [0.2, 0.25) is 0 Å². The zero-order valence-corrected chi connectivity index (χ0v) is 21.3. The Kier molecular flexibility index (Phi) is 6.15. The molecule has 2 saturated carbocycles. The van der Waals surface area contributed by atoms with Gasteiger partial charge in [-0.2, -0.15) is 0 Å². The number of hydrogen-bond donors (Lipinski definition) is 1. The summed E-state index contributed by atoms with van der Waals surface area (Å²) in [6.07, 6.45) is 12.4. The van der Waals surface area contributed by atoms with Gasteiger partial charge < -0.3 is 9.84 Å². The van der Waals surface area contributed by atoms with Crippen molar-refractivity contribution in [2.75, 3.05) is 6.61 Å². The van der Waals surface area contributed by atoms with Gasteiger partial charge in [-0.25, -0.2) is 0 Å². The minimum Gasteiger partial charge on any atom is -0.501 e. The zero-order valence-electron chi connectivity index (χ0n) is 17.1. The number of aliphatic hydroxyl groups is 1. The summed E-state index contributed by atoms with van der Waals surface area (Å²) in [7, 11) is 0. The Hall–Kier alpha value is -0.368. The van der Waals surface area contributed by atoms with Crippen LogP contribution in [-0.2, 0) is 14.3 Å². The van der Waals surface area contributed by atoms with Gasteiger partial charge in [0.1, 0.15) is 0 Å². The molecule has 0 aromatic carbocycles. The van der Waals surface area contributed by atoms with Gasteiger partial charge in [-0.05, 0) is 77.6 Å². The molecule has 4 rings (SSSR count). The molecule has 152 valence electrons. The minimum atomic E-state index is -0.896. The van der Waals surface area contributed by atoms with E-state index >= 15 is 0 Å². The first-order chi connectivity index (χ1) is 12.7. The quantitative estimate of drug-likeness (QED) is 0.301. The van der Waals surface area contributed by atoms with Crippen LogP contribution < -0.4 is 0 Å². The summed E-state index contributed by atoms with van der Waals surface area (Å²) in [6.45, 7) is 7.49. The van der Waals surface area contributed by atoms with Gasteiger partial charge in [0.2, 0.25) is 0 Å². The summed E-state index contributed by atoms with van der Waals surface area (Å²) in [6, 6.07) is 0. The van der Waals surface area contributed by atoms with E-state index in [1.54, 1.807) is 0 Å². The maximum atomic E-state index is 12.0. The normalized spacial score (nSPS) is 46.6. The van der Waals surface area contributed by atoms with E-state index in [4.69, 9.17) is 4.74 Å². The Balaban J connectivity index is 0.00000225. The molecule has 0 aromatic rings. The first-order valence-corrected chi connectivity index (χ1v) is 10.3. The van der Waals surface area contributed by atoms with Crippen molar-refractivity contribution < 1.29 is 50.5 Å². The molecule has 0 radical (unpaired) electrons. The van der Waals surface area contributed by atoms with Crippen LogP contribution >= 0.6 is 0 Å². The molecule has 0 aromatic heterocycles. The smallest absolute Gasteiger partial charge is 0.290 e. The Morgan fingerprint density at radius 2 is 2.11 bits per heavy atom. The summed E-state index contributed by atoms with van der Waals surface area (Å²) in [4.78, 5) is 22.5. The Labute approximate surface area is 191 Å². The van der Waals surface area contributed by atoms with Crippen molar-refractivity contribution in [3.63, 3.8) is 0 Å². The number of ether oxygens (including phenoxy) is 1. The van der Waals surface area contributed by atoms with E-state index in [9.17, 15) is 14.7 Å². The van der Waals surface area contributed by atoms with E-state index in [2.05, 4.69) is 32.9 Å². The molecule has 4 aliphatic carbocycles. The number of ketones is 1. The van der Waals surface area contributed by atoms with Crippen molar-refractivity contribution in [1.29, 1.82) is 0 Å². The topological polar surface area (TPSA) is 63.6 Å². The molecule has 0 saturated heterocycles. The van der Waals surface area contributed by atoms with Crippen molar-refractivity contribution in [2.45, 2.75) is 58.5 Å². The number of carbonyl (C=O) groups excluding carboxylic acids is 2. The van der Waals surface area contributed by atoms with E-state index < -0.39 is 5.60 Å². The summed E-state index contributed by atoms with van der Waals surface area (Å²) in [5, 5.41) is 11.5. The van der Waals surface area contributed by atoms with Crippen molar-refractivity contribution in [2.24, 2.45) is 34.5 Å². The molecule has 0 spiro atoms. The molecular formula is C23H31O4U-.